The maximum Gasteiger partial charge on any atom is 0.251 e. The summed E-state index contributed by atoms with van der Waals surface area (Å²) >= 11 is 0. The summed E-state index contributed by atoms with van der Waals surface area (Å²) in [6, 6.07) is 4.55. The third kappa shape index (κ3) is 5.64. The number of benzene rings is 1. The van der Waals surface area contributed by atoms with Crippen molar-refractivity contribution in [1.82, 2.24) is 15.4 Å². The Labute approximate surface area is 148 Å². The van der Waals surface area contributed by atoms with Crippen molar-refractivity contribution in [2.45, 2.75) is 18.2 Å². The highest BCUT2D eigenvalue weighted by atomic mass is 32.2. The van der Waals surface area contributed by atoms with E-state index in [0.29, 0.717) is 12.1 Å². The van der Waals surface area contributed by atoms with Gasteiger partial charge in [0.05, 0.1) is 11.5 Å². The van der Waals surface area contributed by atoms with E-state index in [1.807, 2.05) is 0 Å². The second kappa shape index (κ2) is 9.10. The van der Waals surface area contributed by atoms with Crippen molar-refractivity contribution in [3.63, 3.8) is 0 Å². The Morgan fingerprint density at radius 1 is 1.36 bits per heavy atom. The molecule has 0 aliphatic carbocycles. The maximum atomic E-state index is 12.5. The molecule has 0 atom stereocenters. The lowest BCUT2D eigenvalue weighted by Gasteiger charge is -2.15. The molecule has 25 heavy (non-hydrogen) atoms. The monoisotopic (exact) mass is 367 g/mol. The van der Waals surface area contributed by atoms with E-state index in [2.05, 4.69) is 21.4 Å². The van der Waals surface area contributed by atoms with Crippen molar-refractivity contribution in [2.24, 2.45) is 0 Å². The van der Waals surface area contributed by atoms with Crippen LogP contribution in [0.1, 0.15) is 22.3 Å². The second-order valence-electron chi connectivity index (χ2n) is 5.87. The topological polar surface area (TPSA) is 96.5 Å². The molecule has 3 N–H and O–H groups in total. The molecule has 0 unspecified atom stereocenters. The van der Waals surface area contributed by atoms with Crippen LogP contribution in [-0.4, -0.2) is 54.2 Å². The molecule has 0 fully saturated rings. The van der Waals surface area contributed by atoms with Gasteiger partial charge in [-0.25, -0.2) is 13.1 Å². The molecule has 0 saturated carbocycles. The number of aryl methyl sites for hydroxylation is 1. The Morgan fingerprint density at radius 2 is 2.16 bits per heavy atom. The van der Waals surface area contributed by atoms with Gasteiger partial charge in [0.1, 0.15) is 0 Å². The summed E-state index contributed by atoms with van der Waals surface area (Å²) in [5.74, 6) is -0.272. The van der Waals surface area contributed by atoms with Crippen LogP contribution in [-0.2, 0) is 14.8 Å². The molecule has 2 rings (SSSR count). The van der Waals surface area contributed by atoms with Crippen LogP contribution in [0.2, 0.25) is 0 Å². The minimum absolute atomic E-state index is 0.0698. The van der Waals surface area contributed by atoms with E-state index in [-0.39, 0.29) is 24.0 Å². The van der Waals surface area contributed by atoms with Crippen molar-refractivity contribution >= 4 is 15.9 Å². The van der Waals surface area contributed by atoms with Gasteiger partial charge in [-0.2, -0.15) is 0 Å². The van der Waals surface area contributed by atoms with Crippen molar-refractivity contribution in [3.8, 4) is 0 Å². The molecule has 138 valence electrons. The van der Waals surface area contributed by atoms with Gasteiger partial charge in [0.25, 0.3) is 5.91 Å². The molecular formula is C17H25N3O4S. The molecule has 1 aliphatic heterocycles. The van der Waals surface area contributed by atoms with Crippen LogP contribution in [0.25, 0.3) is 0 Å². The zero-order chi connectivity index (χ0) is 18.3. The molecule has 8 heteroatoms. The van der Waals surface area contributed by atoms with Gasteiger partial charge in [-0.3, -0.25) is 4.79 Å². The van der Waals surface area contributed by atoms with Gasteiger partial charge in [0.15, 0.2) is 0 Å². The van der Waals surface area contributed by atoms with Crippen LogP contribution >= 0.6 is 0 Å². The molecule has 0 bridgehead atoms. The van der Waals surface area contributed by atoms with Gasteiger partial charge in [-0.1, -0.05) is 17.7 Å². The third-order valence-corrected chi connectivity index (χ3v) is 5.45. The number of carbonyl (C=O) groups is 1. The Hall–Kier alpha value is -1.74. The van der Waals surface area contributed by atoms with Crippen molar-refractivity contribution < 1.29 is 17.9 Å². The standard InChI is InChI=1S/C17H25N3O4S/c1-13-3-4-15(25(22,23)20-9-10-24-2)11-16(13)17(21)19-12-14-5-7-18-8-6-14/h3-5,11,18,20H,6-10,12H2,1-2H3,(H,19,21). The average Bonchev–Trinajstić information content (AvgIpc) is 2.61. The quantitative estimate of drug-likeness (QED) is 0.461. The Morgan fingerprint density at radius 3 is 2.84 bits per heavy atom. The lowest BCUT2D eigenvalue weighted by molar-refractivity contribution is 0.0956. The Bertz CT molecular complexity index is 744. The van der Waals surface area contributed by atoms with Crippen molar-refractivity contribution in [1.29, 1.82) is 0 Å². The van der Waals surface area contributed by atoms with Crippen molar-refractivity contribution in [3.05, 3.63) is 41.0 Å². The molecule has 1 heterocycles. The summed E-state index contributed by atoms with van der Waals surface area (Å²) < 4.78 is 31.9. The number of carbonyl (C=O) groups excluding carboxylic acids is 1. The highest BCUT2D eigenvalue weighted by Crippen LogP contribution is 2.16. The average molecular weight is 367 g/mol. The maximum absolute atomic E-state index is 12.5. The highest BCUT2D eigenvalue weighted by molar-refractivity contribution is 7.89. The van der Waals surface area contributed by atoms with Crippen LogP contribution in [0.4, 0.5) is 0 Å². The van der Waals surface area contributed by atoms with Crippen LogP contribution < -0.4 is 15.4 Å². The van der Waals surface area contributed by atoms with Gasteiger partial charge in [-0.15, -0.1) is 0 Å². The zero-order valence-electron chi connectivity index (χ0n) is 14.6. The minimum atomic E-state index is -3.67. The van der Waals surface area contributed by atoms with Gasteiger partial charge in [0, 0.05) is 32.3 Å². The Balaban J connectivity index is 2.09. The number of methoxy groups -OCH3 is 1. The SMILES string of the molecule is COCCNS(=O)(=O)c1ccc(C)c(C(=O)NCC2=CCNCC2)c1. The first-order valence-electron chi connectivity index (χ1n) is 8.20. The van der Waals surface area contributed by atoms with E-state index in [0.717, 1.165) is 25.1 Å². The molecule has 1 aromatic carbocycles. The summed E-state index contributed by atoms with van der Waals surface area (Å²) in [7, 11) is -2.17. The van der Waals surface area contributed by atoms with E-state index in [1.165, 1.54) is 24.8 Å². The summed E-state index contributed by atoms with van der Waals surface area (Å²) in [6.45, 7) is 4.43. The number of nitrogens with one attached hydrogen (secondary N) is 3. The normalized spacial score (nSPS) is 14.9. The number of hydrogen-bond donors (Lipinski definition) is 3. The van der Waals surface area contributed by atoms with E-state index in [9.17, 15) is 13.2 Å². The van der Waals surface area contributed by atoms with Crippen LogP contribution in [0.5, 0.6) is 0 Å². The van der Waals surface area contributed by atoms with Gasteiger partial charge in [0.2, 0.25) is 10.0 Å². The molecule has 0 saturated heterocycles. The summed E-state index contributed by atoms with van der Waals surface area (Å²) in [5, 5.41) is 6.09. The Kier molecular flexibility index (Phi) is 7.12. The lowest BCUT2D eigenvalue weighted by Crippen LogP contribution is -2.30. The van der Waals surface area contributed by atoms with Crippen LogP contribution in [0, 0.1) is 6.92 Å². The predicted molar refractivity (Wildman–Crippen MR) is 96.1 cm³/mol. The predicted octanol–water partition coefficient (Wildman–Crippen LogP) is 0.569. The molecule has 0 aromatic heterocycles. The van der Waals surface area contributed by atoms with Gasteiger partial charge >= 0.3 is 0 Å². The molecule has 1 aromatic rings. The fourth-order valence-corrected chi connectivity index (χ4v) is 3.53. The molecule has 1 aliphatic rings. The number of sulfonamides is 1. The minimum Gasteiger partial charge on any atom is -0.383 e. The van der Waals surface area contributed by atoms with Crippen LogP contribution in [0.15, 0.2) is 34.7 Å². The largest absolute Gasteiger partial charge is 0.383 e. The van der Waals surface area contributed by atoms with E-state index < -0.39 is 10.0 Å². The molecular weight excluding hydrogens is 342 g/mol. The molecule has 7 nitrogen and oxygen atoms in total. The van der Waals surface area contributed by atoms with Gasteiger partial charge < -0.3 is 15.4 Å². The molecule has 0 spiro atoms. The number of rotatable bonds is 8. The van der Waals surface area contributed by atoms with Crippen molar-refractivity contribution in [2.75, 3.05) is 39.9 Å². The fourth-order valence-electron chi connectivity index (χ4n) is 2.49. The summed E-state index contributed by atoms with van der Waals surface area (Å²) in [6.07, 6.45) is 2.97. The van der Waals surface area contributed by atoms with E-state index in [1.54, 1.807) is 13.0 Å². The molecule has 0 radical (unpaired) electrons. The highest BCUT2D eigenvalue weighted by Gasteiger charge is 2.18. The first-order chi connectivity index (χ1) is 11.9. The van der Waals surface area contributed by atoms with E-state index >= 15 is 0 Å². The first-order valence-corrected chi connectivity index (χ1v) is 9.68. The smallest absolute Gasteiger partial charge is 0.251 e. The first kappa shape index (κ1) is 19.6. The van der Waals surface area contributed by atoms with Crippen LogP contribution in [0.3, 0.4) is 0 Å². The number of amides is 1. The van der Waals surface area contributed by atoms with Gasteiger partial charge in [-0.05, 0) is 37.6 Å². The lowest BCUT2D eigenvalue weighted by atomic mass is 10.1. The molecule has 1 amide bonds. The number of hydrogen-bond acceptors (Lipinski definition) is 5. The fraction of sp³-hybridized carbons (Fsp3) is 0.471. The summed E-state index contributed by atoms with van der Waals surface area (Å²) in [4.78, 5) is 12.5. The second-order valence-corrected chi connectivity index (χ2v) is 7.63. The summed E-state index contributed by atoms with van der Waals surface area (Å²) in [5.41, 5.74) is 2.27. The van der Waals surface area contributed by atoms with E-state index in [4.69, 9.17) is 4.74 Å². The number of ether oxygens (including phenoxy) is 1. The zero-order valence-corrected chi connectivity index (χ0v) is 15.4. The third-order valence-electron chi connectivity index (χ3n) is 4.00.